The van der Waals surface area contributed by atoms with Crippen LogP contribution in [-0.2, 0) is 4.74 Å². The van der Waals surface area contributed by atoms with Gasteiger partial charge in [0.25, 0.3) is 0 Å². The van der Waals surface area contributed by atoms with Gasteiger partial charge in [-0.3, -0.25) is 0 Å². The lowest BCUT2D eigenvalue weighted by molar-refractivity contribution is 0.0409. The van der Waals surface area contributed by atoms with Gasteiger partial charge in [-0.1, -0.05) is 29.3 Å². The molecule has 2 atom stereocenters. The third-order valence-corrected chi connectivity index (χ3v) is 3.16. The van der Waals surface area contributed by atoms with E-state index < -0.39 is 0 Å². The van der Waals surface area contributed by atoms with E-state index in [-0.39, 0.29) is 6.10 Å². The molecule has 0 aromatic carbocycles. The standard InChI is InChI=1S/C10H22BrNO2/c1-4-9(5-11)6-12(2)7-10(13)8-14-3/h9-10,13H,4-8H2,1-3H3. The average Bonchev–Trinajstić information content (AvgIpc) is 2.14. The number of ether oxygens (including phenoxy) is 1. The first kappa shape index (κ1) is 14.4. The number of halogens is 1. The van der Waals surface area contributed by atoms with Crippen LogP contribution in [0.15, 0.2) is 0 Å². The number of methoxy groups -OCH3 is 1. The van der Waals surface area contributed by atoms with Gasteiger partial charge in [-0.2, -0.15) is 0 Å². The predicted octanol–water partition coefficient (Wildman–Crippen LogP) is 1.35. The van der Waals surface area contributed by atoms with Gasteiger partial charge in [0, 0.05) is 25.5 Å². The molecule has 0 aromatic rings. The summed E-state index contributed by atoms with van der Waals surface area (Å²) in [4.78, 5) is 2.15. The van der Waals surface area contributed by atoms with Gasteiger partial charge < -0.3 is 14.7 Å². The van der Waals surface area contributed by atoms with E-state index >= 15 is 0 Å². The molecule has 0 fully saturated rings. The van der Waals surface area contributed by atoms with E-state index in [2.05, 4.69) is 27.8 Å². The van der Waals surface area contributed by atoms with Crippen molar-refractivity contribution in [3.63, 3.8) is 0 Å². The van der Waals surface area contributed by atoms with Crippen molar-refractivity contribution >= 4 is 15.9 Å². The largest absolute Gasteiger partial charge is 0.389 e. The lowest BCUT2D eigenvalue weighted by Gasteiger charge is -2.23. The zero-order valence-electron chi connectivity index (χ0n) is 9.37. The Labute approximate surface area is 95.6 Å². The molecule has 0 aliphatic heterocycles. The molecule has 0 aromatic heterocycles. The van der Waals surface area contributed by atoms with Gasteiger partial charge in [0.2, 0.25) is 0 Å². The summed E-state index contributed by atoms with van der Waals surface area (Å²) in [5.74, 6) is 0.662. The highest BCUT2D eigenvalue weighted by molar-refractivity contribution is 9.09. The monoisotopic (exact) mass is 267 g/mol. The van der Waals surface area contributed by atoms with Crippen LogP contribution in [0.3, 0.4) is 0 Å². The second-order valence-corrected chi connectivity index (χ2v) is 4.41. The SMILES string of the molecule is CCC(CBr)CN(C)CC(O)COC. The Balaban J connectivity index is 3.67. The van der Waals surface area contributed by atoms with Crippen LogP contribution in [0.5, 0.6) is 0 Å². The molecule has 0 amide bonds. The summed E-state index contributed by atoms with van der Waals surface area (Å²) in [7, 11) is 3.64. The van der Waals surface area contributed by atoms with Crippen molar-refractivity contribution in [2.75, 3.05) is 39.2 Å². The van der Waals surface area contributed by atoms with Crippen molar-refractivity contribution < 1.29 is 9.84 Å². The van der Waals surface area contributed by atoms with Crippen LogP contribution >= 0.6 is 15.9 Å². The fourth-order valence-electron chi connectivity index (χ4n) is 1.41. The van der Waals surface area contributed by atoms with Crippen molar-refractivity contribution in [1.82, 2.24) is 4.90 Å². The summed E-state index contributed by atoms with van der Waals surface area (Å²) < 4.78 is 4.88. The fourth-order valence-corrected chi connectivity index (χ4v) is 2.07. The molecule has 2 unspecified atom stereocenters. The average molecular weight is 268 g/mol. The van der Waals surface area contributed by atoms with Gasteiger partial charge in [0.1, 0.15) is 0 Å². The number of aliphatic hydroxyl groups excluding tert-OH is 1. The molecule has 0 radical (unpaired) electrons. The van der Waals surface area contributed by atoms with Crippen LogP contribution < -0.4 is 0 Å². The molecular formula is C10H22BrNO2. The van der Waals surface area contributed by atoms with Crippen LogP contribution in [0.25, 0.3) is 0 Å². The minimum Gasteiger partial charge on any atom is -0.389 e. The molecule has 0 heterocycles. The summed E-state index contributed by atoms with van der Waals surface area (Å²) in [6, 6.07) is 0. The van der Waals surface area contributed by atoms with Crippen LogP contribution in [0.2, 0.25) is 0 Å². The molecule has 1 N–H and O–H groups in total. The molecule has 0 aliphatic carbocycles. The maximum Gasteiger partial charge on any atom is 0.0899 e. The van der Waals surface area contributed by atoms with E-state index in [0.29, 0.717) is 19.1 Å². The van der Waals surface area contributed by atoms with Crippen LogP contribution in [-0.4, -0.2) is 55.3 Å². The Morgan fingerprint density at radius 3 is 2.50 bits per heavy atom. The first-order valence-corrected chi connectivity index (χ1v) is 6.17. The Kier molecular flexibility index (Phi) is 8.87. The predicted molar refractivity (Wildman–Crippen MR) is 63.0 cm³/mol. The van der Waals surface area contributed by atoms with Gasteiger partial charge in [-0.15, -0.1) is 0 Å². The molecule has 0 saturated carbocycles. The number of likely N-dealkylation sites (N-methyl/N-ethyl adjacent to an activating group) is 1. The van der Waals surface area contributed by atoms with E-state index in [1.54, 1.807) is 7.11 Å². The summed E-state index contributed by atoms with van der Waals surface area (Å²) in [6.45, 7) is 4.29. The zero-order chi connectivity index (χ0) is 11.0. The van der Waals surface area contributed by atoms with Crippen molar-refractivity contribution in [3.05, 3.63) is 0 Å². The van der Waals surface area contributed by atoms with E-state index in [9.17, 15) is 5.11 Å². The van der Waals surface area contributed by atoms with Crippen molar-refractivity contribution in [1.29, 1.82) is 0 Å². The summed E-state index contributed by atoms with van der Waals surface area (Å²) >= 11 is 3.49. The van der Waals surface area contributed by atoms with E-state index in [1.165, 1.54) is 0 Å². The number of hydrogen-bond acceptors (Lipinski definition) is 3. The zero-order valence-corrected chi connectivity index (χ0v) is 11.0. The van der Waals surface area contributed by atoms with Gasteiger partial charge in [0.15, 0.2) is 0 Å². The maximum absolute atomic E-state index is 9.50. The number of aliphatic hydroxyl groups is 1. The normalized spacial score (nSPS) is 15.9. The third-order valence-electron chi connectivity index (χ3n) is 2.25. The first-order chi connectivity index (χ1) is 6.63. The first-order valence-electron chi connectivity index (χ1n) is 5.05. The molecular weight excluding hydrogens is 246 g/mol. The van der Waals surface area contributed by atoms with Gasteiger partial charge >= 0.3 is 0 Å². The molecule has 0 saturated heterocycles. The Bertz CT molecular complexity index is 131. The third kappa shape index (κ3) is 6.76. The molecule has 3 nitrogen and oxygen atoms in total. The quantitative estimate of drug-likeness (QED) is 0.674. The molecule has 14 heavy (non-hydrogen) atoms. The smallest absolute Gasteiger partial charge is 0.0899 e. The van der Waals surface area contributed by atoms with Crippen LogP contribution in [0, 0.1) is 5.92 Å². The fraction of sp³-hybridized carbons (Fsp3) is 1.00. The van der Waals surface area contributed by atoms with Crippen LogP contribution in [0.4, 0.5) is 0 Å². The van der Waals surface area contributed by atoms with Gasteiger partial charge in [0.05, 0.1) is 12.7 Å². The Morgan fingerprint density at radius 1 is 1.43 bits per heavy atom. The number of hydrogen-bond donors (Lipinski definition) is 1. The van der Waals surface area contributed by atoms with Gasteiger partial charge in [-0.05, 0) is 13.0 Å². The second kappa shape index (κ2) is 8.65. The van der Waals surface area contributed by atoms with E-state index in [1.807, 2.05) is 7.05 Å². The minimum absolute atomic E-state index is 0.377. The molecule has 4 heteroatoms. The summed E-state index contributed by atoms with van der Waals surface area (Å²) in [5.41, 5.74) is 0. The highest BCUT2D eigenvalue weighted by Crippen LogP contribution is 2.08. The number of rotatable bonds is 8. The van der Waals surface area contributed by atoms with E-state index in [0.717, 1.165) is 18.3 Å². The minimum atomic E-state index is -0.377. The van der Waals surface area contributed by atoms with Gasteiger partial charge in [-0.25, -0.2) is 0 Å². The number of nitrogens with zero attached hydrogens (tertiary/aromatic N) is 1. The molecule has 0 spiro atoms. The Morgan fingerprint density at radius 2 is 2.07 bits per heavy atom. The summed E-state index contributed by atoms with van der Waals surface area (Å²) in [5, 5.41) is 10.5. The van der Waals surface area contributed by atoms with Crippen molar-refractivity contribution in [2.45, 2.75) is 19.4 Å². The highest BCUT2D eigenvalue weighted by atomic mass is 79.9. The molecule has 86 valence electrons. The molecule has 0 rings (SSSR count). The lowest BCUT2D eigenvalue weighted by atomic mass is 10.1. The lowest BCUT2D eigenvalue weighted by Crippen LogP contribution is -2.35. The summed E-state index contributed by atoms with van der Waals surface area (Å²) in [6.07, 6.45) is 0.786. The number of alkyl halides is 1. The van der Waals surface area contributed by atoms with Crippen LogP contribution in [0.1, 0.15) is 13.3 Å². The van der Waals surface area contributed by atoms with E-state index in [4.69, 9.17) is 4.74 Å². The Hall–Kier alpha value is 0.360. The second-order valence-electron chi connectivity index (χ2n) is 3.76. The molecule has 0 bridgehead atoms. The van der Waals surface area contributed by atoms with Crippen molar-refractivity contribution in [2.24, 2.45) is 5.92 Å². The highest BCUT2D eigenvalue weighted by Gasteiger charge is 2.11. The van der Waals surface area contributed by atoms with Crippen molar-refractivity contribution in [3.8, 4) is 0 Å². The molecule has 0 aliphatic rings. The topological polar surface area (TPSA) is 32.7 Å². The maximum atomic E-state index is 9.50.